The number of carboxylic acids is 1. The summed E-state index contributed by atoms with van der Waals surface area (Å²) in [6.45, 7) is 8.70. The van der Waals surface area contributed by atoms with Crippen LogP contribution in [0.3, 0.4) is 0 Å². The van der Waals surface area contributed by atoms with Crippen molar-refractivity contribution in [1.29, 1.82) is 0 Å². The Kier molecular flexibility index (Phi) is 13.7. The Morgan fingerprint density at radius 3 is 1.78 bits per heavy atom. The maximum atomic E-state index is 12.8. The zero-order valence-corrected chi connectivity index (χ0v) is 19.8. The Balaban J connectivity index is 5.30. The molecule has 0 rings (SSSR count). The molecular formula is C21H41N5O6. The van der Waals surface area contributed by atoms with E-state index in [2.05, 4.69) is 16.0 Å². The Morgan fingerprint density at radius 1 is 0.844 bits per heavy atom. The first-order chi connectivity index (χ1) is 14.9. The van der Waals surface area contributed by atoms with Crippen molar-refractivity contribution in [3.63, 3.8) is 0 Å². The van der Waals surface area contributed by atoms with Crippen LogP contribution in [0.15, 0.2) is 0 Å². The smallest absolute Gasteiger partial charge is 0.326 e. The Hall–Kier alpha value is -2.24. The average Bonchev–Trinajstić information content (AvgIpc) is 2.72. The average molecular weight is 460 g/mol. The van der Waals surface area contributed by atoms with Gasteiger partial charge in [-0.3, -0.25) is 14.4 Å². The fourth-order valence-electron chi connectivity index (χ4n) is 3.01. The molecule has 0 fully saturated rings. The summed E-state index contributed by atoms with van der Waals surface area (Å²) in [6.07, 6.45) is 1.02. The summed E-state index contributed by atoms with van der Waals surface area (Å²) in [7, 11) is 0. The SMILES string of the molecule is CCC(C)C(NC(=O)C(NC(=O)C(NC(=O)C(N)CCCCN)C(C)O)C(C)C)C(=O)O. The number of unbranched alkanes of at least 4 members (excludes halogenated alkanes) is 1. The lowest BCUT2D eigenvalue weighted by molar-refractivity contribution is -0.144. The monoisotopic (exact) mass is 459 g/mol. The van der Waals surface area contributed by atoms with Crippen molar-refractivity contribution in [2.75, 3.05) is 6.54 Å². The van der Waals surface area contributed by atoms with Gasteiger partial charge in [-0.25, -0.2) is 4.79 Å². The summed E-state index contributed by atoms with van der Waals surface area (Å²) >= 11 is 0. The van der Waals surface area contributed by atoms with Crippen LogP contribution in [-0.2, 0) is 19.2 Å². The van der Waals surface area contributed by atoms with Gasteiger partial charge in [0.2, 0.25) is 17.7 Å². The maximum absolute atomic E-state index is 12.8. The van der Waals surface area contributed by atoms with E-state index in [0.717, 1.165) is 0 Å². The van der Waals surface area contributed by atoms with Crippen LogP contribution >= 0.6 is 0 Å². The van der Waals surface area contributed by atoms with Gasteiger partial charge in [0.05, 0.1) is 12.1 Å². The summed E-state index contributed by atoms with van der Waals surface area (Å²) in [6, 6.07) is -4.37. The number of amides is 3. The van der Waals surface area contributed by atoms with Crippen molar-refractivity contribution in [1.82, 2.24) is 16.0 Å². The van der Waals surface area contributed by atoms with Crippen LogP contribution in [0.1, 0.15) is 60.3 Å². The minimum Gasteiger partial charge on any atom is -0.480 e. The molecular weight excluding hydrogens is 418 g/mol. The molecule has 186 valence electrons. The van der Waals surface area contributed by atoms with E-state index in [0.29, 0.717) is 32.2 Å². The van der Waals surface area contributed by atoms with Gasteiger partial charge in [-0.15, -0.1) is 0 Å². The Morgan fingerprint density at radius 2 is 1.34 bits per heavy atom. The molecule has 0 aromatic heterocycles. The van der Waals surface area contributed by atoms with Gasteiger partial charge in [-0.05, 0) is 38.1 Å². The number of aliphatic hydroxyl groups is 1. The summed E-state index contributed by atoms with van der Waals surface area (Å²) < 4.78 is 0. The largest absolute Gasteiger partial charge is 0.480 e. The molecule has 0 saturated carbocycles. The lowest BCUT2D eigenvalue weighted by Gasteiger charge is -2.29. The van der Waals surface area contributed by atoms with Crippen molar-refractivity contribution in [3.8, 4) is 0 Å². The molecule has 6 unspecified atom stereocenters. The van der Waals surface area contributed by atoms with Crippen LogP contribution in [0.4, 0.5) is 0 Å². The molecule has 11 nitrogen and oxygen atoms in total. The molecule has 32 heavy (non-hydrogen) atoms. The van der Waals surface area contributed by atoms with Crippen LogP contribution in [-0.4, -0.2) is 70.7 Å². The molecule has 0 aliphatic heterocycles. The standard InChI is InChI=1S/C21H41N5O6/c1-6-12(4)16(21(31)32)25-19(29)15(11(2)3)24-20(30)17(13(5)27)26-18(28)14(23)9-7-8-10-22/h11-17,27H,6-10,22-23H2,1-5H3,(H,24,30)(H,25,29)(H,26,28)(H,31,32). The number of aliphatic hydroxyl groups excluding tert-OH is 1. The quantitative estimate of drug-likeness (QED) is 0.152. The molecule has 0 aliphatic rings. The van der Waals surface area contributed by atoms with Crippen LogP contribution in [0.5, 0.6) is 0 Å². The number of rotatable bonds is 15. The van der Waals surface area contributed by atoms with Crippen LogP contribution in [0, 0.1) is 11.8 Å². The summed E-state index contributed by atoms with van der Waals surface area (Å²) in [5, 5.41) is 26.9. The van der Waals surface area contributed by atoms with Gasteiger partial charge in [-0.1, -0.05) is 40.5 Å². The van der Waals surface area contributed by atoms with E-state index < -0.39 is 54.0 Å². The van der Waals surface area contributed by atoms with Crippen LogP contribution < -0.4 is 27.4 Å². The summed E-state index contributed by atoms with van der Waals surface area (Å²) in [5.74, 6) is -3.89. The van der Waals surface area contributed by atoms with E-state index in [1.165, 1.54) is 6.92 Å². The number of carbonyl (C=O) groups is 4. The normalized spacial score (nSPS) is 16.9. The zero-order valence-electron chi connectivity index (χ0n) is 19.8. The van der Waals surface area contributed by atoms with Crippen molar-refractivity contribution < 1.29 is 29.4 Å². The predicted molar refractivity (Wildman–Crippen MR) is 120 cm³/mol. The third-order valence-electron chi connectivity index (χ3n) is 5.39. The van der Waals surface area contributed by atoms with Gasteiger partial charge < -0.3 is 37.6 Å². The zero-order chi connectivity index (χ0) is 25.0. The van der Waals surface area contributed by atoms with Gasteiger partial charge in [0, 0.05) is 0 Å². The van der Waals surface area contributed by atoms with Gasteiger partial charge in [-0.2, -0.15) is 0 Å². The Bertz CT molecular complexity index is 628. The molecule has 0 bridgehead atoms. The van der Waals surface area contributed by atoms with Crippen LogP contribution in [0.2, 0.25) is 0 Å². The highest BCUT2D eigenvalue weighted by atomic mass is 16.4. The number of hydrogen-bond donors (Lipinski definition) is 7. The van der Waals surface area contributed by atoms with Gasteiger partial charge in [0.25, 0.3) is 0 Å². The fraction of sp³-hybridized carbons (Fsp3) is 0.810. The highest BCUT2D eigenvalue weighted by Gasteiger charge is 2.34. The lowest BCUT2D eigenvalue weighted by Crippen LogP contribution is -2.61. The van der Waals surface area contributed by atoms with Crippen LogP contribution in [0.25, 0.3) is 0 Å². The lowest BCUT2D eigenvalue weighted by atomic mass is 9.97. The van der Waals surface area contributed by atoms with E-state index >= 15 is 0 Å². The molecule has 6 atom stereocenters. The fourth-order valence-corrected chi connectivity index (χ4v) is 3.01. The number of aliphatic carboxylic acids is 1. The third-order valence-corrected chi connectivity index (χ3v) is 5.39. The second-order valence-corrected chi connectivity index (χ2v) is 8.56. The third kappa shape index (κ3) is 9.92. The molecule has 11 heteroatoms. The molecule has 0 aromatic rings. The number of hydrogen-bond acceptors (Lipinski definition) is 7. The molecule has 0 heterocycles. The van der Waals surface area contributed by atoms with E-state index in [-0.39, 0.29) is 11.8 Å². The molecule has 0 radical (unpaired) electrons. The number of carbonyl (C=O) groups excluding carboxylic acids is 3. The first-order valence-electron chi connectivity index (χ1n) is 11.1. The van der Waals surface area contributed by atoms with Gasteiger partial charge in [0.1, 0.15) is 18.1 Å². The van der Waals surface area contributed by atoms with E-state index in [4.69, 9.17) is 11.5 Å². The second-order valence-electron chi connectivity index (χ2n) is 8.56. The number of carboxylic acid groups (broad SMARTS) is 1. The molecule has 0 aromatic carbocycles. The molecule has 0 spiro atoms. The maximum Gasteiger partial charge on any atom is 0.326 e. The molecule has 3 amide bonds. The highest BCUT2D eigenvalue weighted by Crippen LogP contribution is 2.10. The Labute approximate surface area is 190 Å². The first-order valence-corrected chi connectivity index (χ1v) is 11.1. The summed E-state index contributed by atoms with van der Waals surface area (Å²) in [4.78, 5) is 49.4. The second kappa shape index (κ2) is 14.8. The molecule has 0 saturated heterocycles. The number of nitrogens with two attached hydrogens (primary N) is 2. The molecule has 9 N–H and O–H groups in total. The highest BCUT2D eigenvalue weighted by molar-refractivity contribution is 5.94. The van der Waals surface area contributed by atoms with Crippen molar-refractivity contribution in [2.24, 2.45) is 23.3 Å². The minimum absolute atomic E-state index is 0.315. The van der Waals surface area contributed by atoms with E-state index in [9.17, 15) is 29.4 Å². The van der Waals surface area contributed by atoms with Gasteiger partial charge in [0.15, 0.2) is 0 Å². The van der Waals surface area contributed by atoms with E-state index in [1.54, 1.807) is 20.8 Å². The number of nitrogens with one attached hydrogen (secondary N) is 3. The van der Waals surface area contributed by atoms with E-state index in [1.807, 2.05) is 6.92 Å². The van der Waals surface area contributed by atoms with Gasteiger partial charge >= 0.3 is 5.97 Å². The topological polar surface area (TPSA) is 197 Å². The van der Waals surface area contributed by atoms with Crippen molar-refractivity contribution in [2.45, 2.75) is 90.6 Å². The predicted octanol–water partition coefficient (Wildman–Crippen LogP) is -0.935. The first kappa shape index (κ1) is 29.8. The van der Waals surface area contributed by atoms with Crippen molar-refractivity contribution in [3.05, 3.63) is 0 Å². The molecule has 0 aliphatic carbocycles. The van der Waals surface area contributed by atoms with Crippen molar-refractivity contribution >= 4 is 23.7 Å². The summed E-state index contributed by atoms with van der Waals surface area (Å²) in [5.41, 5.74) is 11.3. The minimum atomic E-state index is -1.33.